The Morgan fingerprint density at radius 1 is 1.15 bits per heavy atom. The molecule has 0 spiro atoms. The van der Waals surface area contributed by atoms with Gasteiger partial charge in [-0.05, 0) is 45.6 Å². The van der Waals surface area contributed by atoms with E-state index in [1.807, 2.05) is 0 Å². The lowest BCUT2D eigenvalue weighted by Gasteiger charge is -2.30. The fraction of sp³-hybridized carbons (Fsp3) is 0.941. The van der Waals surface area contributed by atoms with Crippen LogP contribution in [0.15, 0.2) is 0 Å². The van der Waals surface area contributed by atoms with Crippen molar-refractivity contribution >= 4 is 5.91 Å². The molecule has 1 amide bonds. The smallest absolute Gasteiger partial charge is 0.222 e. The third kappa shape index (κ3) is 4.76. The van der Waals surface area contributed by atoms with Gasteiger partial charge in [-0.1, -0.05) is 32.1 Å². The van der Waals surface area contributed by atoms with Crippen LogP contribution in [0.5, 0.6) is 0 Å². The summed E-state index contributed by atoms with van der Waals surface area (Å²) in [5.41, 5.74) is 0. The summed E-state index contributed by atoms with van der Waals surface area (Å²) in [5, 5.41) is 3.51. The average molecular weight is 280 g/mol. The molecule has 3 heteroatoms. The number of hydrogen-bond acceptors (Lipinski definition) is 2. The van der Waals surface area contributed by atoms with Gasteiger partial charge in [0.2, 0.25) is 5.91 Å². The molecule has 0 aromatic carbocycles. The summed E-state index contributed by atoms with van der Waals surface area (Å²) in [7, 11) is 0. The number of amides is 1. The Morgan fingerprint density at radius 3 is 2.50 bits per heavy atom. The largest absolute Gasteiger partial charge is 0.339 e. The molecule has 1 atom stereocenters. The molecule has 1 heterocycles. The molecule has 1 N–H and O–H groups in total. The first-order valence-electron chi connectivity index (χ1n) is 8.69. The van der Waals surface area contributed by atoms with Crippen molar-refractivity contribution < 1.29 is 4.79 Å². The second-order valence-electron chi connectivity index (χ2n) is 6.98. The highest BCUT2D eigenvalue weighted by atomic mass is 16.2. The molecule has 0 radical (unpaired) electrons. The maximum Gasteiger partial charge on any atom is 0.222 e. The zero-order valence-corrected chi connectivity index (χ0v) is 13.4. The highest BCUT2D eigenvalue weighted by Gasteiger charge is 2.24. The molecule has 2 rings (SSSR count). The highest BCUT2D eigenvalue weighted by molar-refractivity contribution is 5.76. The fourth-order valence-corrected chi connectivity index (χ4v) is 3.70. The molecular formula is C17H32N2O. The standard InChI is InChI=1S/C17H32N2O/c1-14(2)19(13-16-9-6-12-18-16)17(20)11-10-15-7-4-3-5-8-15/h14-16,18H,3-13H2,1-2H3. The lowest BCUT2D eigenvalue weighted by atomic mass is 9.86. The summed E-state index contributed by atoms with van der Waals surface area (Å²) in [6, 6.07) is 0.854. The normalized spacial score (nSPS) is 24.2. The summed E-state index contributed by atoms with van der Waals surface area (Å²) in [4.78, 5) is 14.6. The van der Waals surface area contributed by atoms with Crippen molar-refractivity contribution in [1.29, 1.82) is 0 Å². The van der Waals surface area contributed by atoms with E-state index in [9.17, 15) is 4.79 Å². The Morgan fingerprint density at radius 2 is 1.90 bits per heavy atom. The molecule has 1 saturated heterocycles. The summed E-state index contributed by atoms with van der Waals surface area (Å²) in [5.74, 6) is 1.19. The van der Waals surface area contributed by atoms with Crippen LogP contribution in [0.25, 0.3) is 0 Å². The van der Waals surface area contributed by atoms with E-state index in [-0.39, 0.29) is 0 Å². The Bertz CT molecular complexity index is 291. The Kier molecular flexibility index (Phi) is 6.34. The van der Waals surface area contributed by atoms with E-state index < -0.39 is 0 Å². The van der Waals surface area contributed by atoms with Gasteiger partial charge in [0.25, 0.3) is 0 Å². The molecule has 116 valence electrons. The lowest BCUT2D eigenvalue weighted by Crippen LogP contribution is -2.44. The Balaban J connectivity index is 1.76. The number of carbonyl (C=O) groups excluding carboxylic acids is 1. The van der Waals surface area contributed by atoms with Gasteiger partial charge < -0.3 is 10.2 Å². The highest BCUT2D eigenvalue weighted by Crippen LogP contribution is 2.27. The van der Waals surface area contributed by atoms with Gasteiger partial charge in [0.15, 0.2) is 0 Å². The molecular weight excluding hydrogens is 248 g/mol. The van der Waals surface area contributed by atoms with Gasteiger partial charge in [-0.3, -0.25) is 4.79 Å². The maximum absolute atomic E-state index is 12.5. The first kappa shape index (κ1) is 15.8. The summed E-state index contributed by atoms with van der Waals surface area (Å²) in [6.45, 7) is 6.31. The summed E-state index contributed by atoms with van der Waals surface area (Å²) < 4.78 is 0. The van der Waals surface area contributed by atoms with Crippen molar-refractivity contribution in [3.63, 3.8) is 0 Å². The molecule has 1 aliphatic heterocycles. The molecule has 3 nitrogen and oxygen atoms in total. The first-order valence-corrected chi connectivity index (χ1v) is 8.69. The number of nitrogens with zero attached hydrogens (tertiary/aromatic N) is 1. The predicted octanol–water partition coefficient (Wildman–Crippen LogP) is 3.34. The lowest BCUT2D eigenvalue weighted by molar-refractivity contribution is -0.133. The monoisotopic (exact) mass is 280 g/mol. The molecule has 0 bridgehead atoms. The van der Waals surface area contributed by atoms with E-state index in [4.69, 9.17) is 0 Å². The van der Waals surface area contributed by atoms with Gasteiger partial charge in [-0.2, -0.15) is 0 Å². The quantitative estimate of drug-likeness (QED) is 0.809. The van der Waals surface area contributed by atoms with Crippen LogP contribution in [0.4, 0.5) is 0 Å². The maximum atomic E-state index is 12.5. The van der Waals surface area contributed by atoms with Crippen LogP contribution >= 0.6 is 0 Å². The van der Waals surface area contributed by atoms with E-state index in [0.717, 1.165) is 31.8 Å². The minimum Gasteiger partial charge on any atom is -0.339 e. The minimum atomic E-state index is 0.330. The van der Waals surface area contributed by atoms with Gasteiger partial charge in [0.05, 0.1) is 0 Å². The molecule has 20 heavy (non-hydrogen) atoms. The van der Waals surface area contributed by atoms with Gasteiger partial charge in [0.1, 0.15) is 0 Å². The summed E-state index contributed by atoms with van der Waals surface area (Å²) in [6.07, 6.45) is 11.2. The molecule has 0 aromatic heterocycles. The second-order valence-corrected chi connectivity index (χ2v) is 6.98. The van der Waals surface area contributed by atoms with E-state index in [1.165, 1.54) is 44.9 Å². The average Bonchev–Trinajstić information content (AvgIpc) is 2.96. The predicted molar refractivity (Wildman–Crippen MR) is 83.7 cm³/mol. The van der Waals surface area contributed by atoms with Crippen molar-refractivity contribution in [2.45, 2.75) is 83.7 Å². The van der Waals surface area contributed by atoms with Crippen LogP contribution in [-0.4, -0.2) is 36.0 Å². The Labute approximate surface area is 124 Å². The third-order valence-corrected chi connectivity index (χ3v) is 5.01. The molecule has 1 unspecified atom stereocenters. The van der Waals surface area contributed by atoms with Crippen LogP contribution in [0.3, 0.4) is 0 Å². The van der Waals surface area contributed by atoms with Gasteiger partial charge >= 0.3 is 0 Å². The van der Waals surface area contributed by atoms with Crippen LogP contribution in [0.2, 0.25) is 0 Å². The number of carbonyl (C=O) groups is 1. The van der Waals surface area contributed by atoms with Crippen molar-refractivity contribution in [1.82, 2.24) is 10.2 Å². The van der Waals surface area contributed by atoms with Crippen molar-refractivity contribution in [3.8, 4) is 0 Å². The van der Waals surface area contributed by atoms with Gasteiger partial charge in [-0.25, -0.2) is 0 Å². The van der Waals surface area contributed by atoms with E-state index in [2.05, 4.69) is 24.1 Å². The van der Waals surface area contributed by atoms with Crippen LogP contribution in [-0.2, 0) is 4.79 Å². The first-order chi connectivity index (χ1) is 9.66. The van der Waals surface area contributed by atoms with E-state index >= 15 is 0 Å². The molecule has 0 aromatic rings. The van der Waals surface area contributed by atoms with E-state index in [1.54, 1.807) is 0 Å². The van der Waals surface area contributed by atoms with Crippen LogP contribution < -0.4 is 5.32 Å². The number of hydrogen-bond donors (Lipinski definition) is 1. The van der Waals surface area contributed by atoms with Gasteiger partial charge in [-0.15, -0.1) is 0 Å². The zero-order chi connectivity index (χ0) is 14.4. The molecule has 2 fully saturated rings. The van der Waals surface area contributed by atoms with Crippen LogP contribution in [0, 0.1) is 5.92 Å². The van der Waals surface area contributed by atoms with Crippen LogP contribution in [0.1, 0.15) is 71.6 Å². The fourth-order valence-electron chi connectivity index (χ4n) is 3.70. The summed E-state index contributed by atoms with van der Waals surface area (Å²) >= 11 is 0. The number of rotatable bonds is 6. The van der Waals surface area contributed by atoms with E-state index in [0.29, 0.717) is 18.0 Å². The second kappa shape index (κ2) is 8.02. The topological polar surface area (TPSA) is 32.3 Å². The number of nitrogens with one attached hydrogen (secondary N) is 1. The van der Waals surface area contributed by atoms with Gasteiger partial charge in [0, 0.05) is 25.0 Å². The molecule has 2 aliphatic rings. The van der Waals surface area contributed by atoms with Crippen molar-refractivity contribution in [3.05, 3.63) is 0 Å². The minimum absolute atomic E-state index is 0.330. The third-order valence-electron chi connectivity index (χ3n) is 5.01. The zero-order valence-electron chi connectivity index (χ0n) is 13.4. The van der Waals surface area contributed by atoms with Crippen molar-refractivity contribution in [2.24, 2.45) is 5.92 Å². The van der Waals surface area contributed by atoms with Crippen molar-refractivity contribution in [2.75, 3.05) is 13.1 Å². The SMILES string of the molecule is CC(C)N(CC1CCCN1)C(=O)CCC1CCCCC1. The molecule has 1 saturated carbocycles. The molecule has 1 aliphatic carbocycles. The Hall–Kier alpha value is -0.570.